The minimum Gasteiger partial charge on any atom is -0.493 e. The Morgan fingerprint density at radius 1 is 1.30 bits per heavy atom. The maximum absolute atomic E-state index is 6.15. The fraction of sp³-hybridized carbons (Fsp3) is 0.400. The third-order valence-electron chi connectivity index (χ3n) is 4.17. The second-order valence-corrected chi connectivity index (χ2v) is 5.85. The third kappa shape index (κ3) is 5.20. The second kappa shape index (κ2) is 9.09. The summed E-state index contributed by atoms with van der Waals surface area (Å²) in [6.45, 7) is 3.74. The molecule has 1 fully saturated rings. The molecule has 1 saturated carbocycles. The van der Waals surface area contributed by atoms with Gasteiger partial charge in [-0.2, -0.15) is 0 Å². The van der Waals surface area contributed by atoms with Crippen molar-refractivity contribution in [1.29, 1.82) is 0 Å². The van der Waals surface area contributed by atoms with E-state index in [1.54, 1.807) is 19.4 Å². The van der Waals surface area contributed by atoms with Crippen LogP contribution in [0.1, 0.15) is 37.7 Å². The predicted molar refractivity (Wildman–Crippen MR) is 95.8 cm³/mol. The van der Waals surface area contributed by atoms with Crippen LogP contribution in [-0.2, 0) is 6.42 Å². The monoisotopic (exact) mass is 313 g/mol. The molecular formula is C20H27NO2. The van der Waals surface area contributed by atoms with Gasteiger partial charge in [0.15, 0.2) is 11.5 Å². The van der Waals surface area contributed by atoms with Crippen LogP contribution in [0.3, 0.4) is 0 Å². The molecule has 0 unspecified atom stereocenters. The van der Waals surface area contributed by atoms with Crippen molar-refractivity contribution in [3.05, 3.63) is 60.3 Å². The van der Waals surface area contributed by atoms with E-state index in [0.29, 0.717) is 6.10 Å². The molecular weight excluding hydrogens is 286 g/mol. The Bertz CT molecular complexity index is 569. The maximum Gasteiger partial charge on any atom is 0.161 e. The number of nitrogens with two attached hydrogens (primary N) is 1. The average Bonchev–Trinajstić information content (AvgIpc) is 3.06. The molecule has 0 aliphatic heterocycles. The summed E-state index contributed by atoms with van der Waals surface area (Å²) < 4.78 is 11.6. The van der Waals surface area contributed by atoms with Gasteiger partial charge in [-0.3, -0.25) is 0 Å². The van der Waals surface area contributed by atoms with Gasteiger partial charge in [-0.25, -0.2) is 0 Å². The molecule has 0 atom stereocenters. The summed E-state index contributed by atoms with van der Waals surface area (Å²) in [5, 5.41) is 0. The van der Waals surface area contributed by atoms with E-state index in [2.05, 4.69) is 18.7 Å². The standard InChI is InChI=1S/C20H27NO2/c1-3-6-16(13-14-21)9-10-17-11-12-19(22-2)20(15-17)23-18-7-4-5-8-18/h3,6,11-15,18H,1,4-5,7-10,21H2,2H3/b14-13-,16-6-. The van der Waals surface area contributed by atoms with E-state index in [-0.39, 0.29) is 0 Å². The number of ether oxygens (including phenoxy) is 2. The Labute approximate surface area is 139 Å². The summed E-state index contributed by atoms with van der Waals surface area (Å²) in [6, 6.07) is 6.20. The van der Waals surface area contributed by atoms with Gasteiger partial charge in [0.25, 0.3) is 0 Å². The lowest BCUT2D eigenvalue weighted by molar-refractivity contribution is 0.200. The highest BCUT2D eigenvalue weighted by atomic mass is 16.5. The number of rotatable bonds is 8. The van der Waals surface area contributed by atoms with E-state index in [1.165, 1.54) is 18.4 Å². The van der Waals surface area contributed by atoms with Crippen LogP contribution < -0.4 is 15.2 Å². The highest BCUT2D eigenvalue weighted by molar-refractivity contribution is 5.43. The number of methoxy groups -OCH3 is 1. The van der Waals surface area contributed by atoms with E-state index in [4.69, 9.17) is 15.2 Å². The fourth-order valence-electron chi connectivity index (χ4n) is 2.94. The minimum atomic E-state index is 0.329. The molecule has 0 heterocycles. The average molecular weight is 313 g/mol. The smallest absolute Gasteiger partial charge is 0.161 e. The van der Waals surface area contributed by atoms with Crippen LogP contribution >= 0.6 is 0 Å². The molecule has 1 aromatic carbocycles. The van der Waals surface area contributed by atoms with E-state index in [0.717, 1.165) is 42.8 Å². The van der Waals surface area contributed by atoms with Gasteiger partial charge < -0.3 is 15.2 Å². The molecule has 2 N–H and O–H groups in total. The maximum atomic E-state index is 6.15. The molecule has 0 radical (unpaired) electrons. The molecule has 0 spiro atoms. The van der Waals surface area contributed by atoms with Crippen LogP contribution in [-0.4, -0.2) is 13.2 Å². The number of hydrogen-bond acceptors (Lipinski definition) is 3. The summed E-state index contributed by atoms with van der Waals surface area (Å²) in [5.41, 5.74) is 7.89. The molecule has 1 aliphatic rings. The van der Waals surface area contributed by atoms with Crippen molar-refractivity contribution >= 4 is 0 Å². The number of benzene rings is 1. The number of hydrogen-bond donors (Lipinski definition) is 1. The van der Waals surface area contributed by atoms with Gasteiger partial charge in [-0.15, -0.1) is 0 Å². The second-order valence-electron chi connectivity index (χ2n) is 5.85. The van der Waals surface area contributed by atoms with Gasteiger partial charge in [0.1, 0.15) is 0 Å². The van der Waals surface area contributed by atoms with Gasteiger partial charge >= 0.3 is 0 Å². The molecule has 3 nitrogen and oxygen atoms in total. The van der Waals surface area contributed by atoms with Crippen LogP contribution in [0.4, 0.5) is 0 Å². The highest BCUT2D eigenvalue weighted by Gasteiger charge is 2.18. The normalized spacial score (nSPS) is 16.0. The molecule has 0 amide bonds. The fourth-order valence-corrected chi connectivity index (χ4v) is 2.94. The van der Waals surface area contributed by atoms with Crippen molar-refractivity contribution in [3.63, 3.8) is 0 Å². The molecule has 1 aromatic rings. The summed E-state index contributed by atoms with van der Waals surface area (Å²) in [7, 11) is 1.69. The van der Waals surface area contributed by atoms with E-state index < -0.39 is 0 Å². The zero-order valence-corrected chi connectivity index (χ0v) is 14.0. The van der Waals surface area contributed by atoms with Gasteiger partial charge in [0.05, 0.1) is 13.2 Å². The van der Waals surface area contributed by atoms with E-state index in [9.17, 15) is 0 Å². The van der Waals surface area contributed by atoms with E-state index in [1.807, 2.05) is 18.2 Å². The SMILES string of the molecule is C=C/C=C(\C=C/N)CCc1ccc(OC)c(OC2CCCC2)c1. The predicted octanol–water partition coefficient (Wildman–Crippen LogP) is 4.53. The largest absolute Gasteiger partial charge is 0.493 e. The first-order valence-electron chi connectivity index (χ1n) is 8.30. The van der Waals surface area contributed by atoms with Crippen molar-refractivity contribution in [2.75, 3.05) is 7.11 Å². The molecule has 2 rings (SSSR count). The lowest BCUT2D eigenvalue weighted by Crippen LogP contribution is -2.11. The Morgan fingerprint density at radius 2 is 2.09 bits per heavy atom. The van der Waals surface area contributed by atoms with E-state index >= 15 is 0 Å². The van der Waals surface area contributed by atoms with Crippen molar-refractivity contribution in [3.8, 4) is 11.5 Å². The van der Waals surface area contributed by atoms with Crippen LogP contribution in [0.2, 0.25) is 0 Å². The lowest BCUT2D eigenvalue weighted by atomic mass is 10.0. The zero-order valence-electron chi connectivity index (χ0n) is 14.0. The summed E-state index contributed by atoms with van der Waals surface area (Å²) >= 11 is 0. The Morgan fingerprint density at radius 3 is 2.74 bits per heavy atom. The molecule has 1 aliphatic carbocycles. The van der Waals surface area contributed by atoms with Gasteiger partial charge in [-0.1, -0.05) is 24.8 Å². The van der Waals surface area contributed by atoms with Gasteiger partial charge in [0.2, 0.25) is 0 Å². The molecule has 23 heavy (non-hydrogen) atoms. The topological polar surface area (TPSA) is 44.5 Å². The first kappa shape index (κ1) is 17.2. The van der Waals surface area contributed by atoms with Crippen molar-refractivity contribution < 1.29 is 9.47 Å². The highest BCUT2D eigenvalue weighted by Crippen LogP contribution is 2.32. The summed E-state index contributed by atoms with van der Waals surface area (Å²) in [4.78, 5) is 0. The quantitative estimate of drug-likeness (QED) is 0.717. The molecule has 0 aromatic heterocycles. The minimum absolute atomic E-state index is 0.329. The molecule has 3 heteroatoms. The summed E-state index contributed by atoms with van der Waals surface area (Å²) in [6.07, 6.45) is 14.2. The van der Waals surface area contributed by atoms with Gasteiger partial charge in [0, 0.05) is 0 Å². The molecule has 0 saturated heterocycles. The Kier molecular flexibility index (Phi) is 6.79. The first-order chi connectivity index (χ1) is 11.3. The van der Waals surface area contributed by atoms with Crippen LogP contribution in [0.5, 0.6) is 11.5 Å². The first-order valence-corrected chi connectivity index (χ1v) is 8.30. The Hall–Kier alpha value is -2.16. The van der Waals surface area contributed by atoms with Crippen molar-refractivity contribution in [2.45, 2.75) is 44.6 Å². The van der Waals surface area contributed by atoms with Crippen LogP contribution in [0.25, 0.3) is 0 Å². The van der Waals surface area contributed by atoms with Crippen LogP contribution in [0.15, 0.2) is 54.8 Å². The van der Waals surface area contributed by atoms with Crippen molar-refractivity contribution in [2.24, 2.45) is 5.73 Å². The molecule has 124 valence electrons. The Balaban J connectivity index is 2.06. The number of allylic oxidation sites excluding steroid dienone is 4. The van der Waals surface area contributed by atoms with Crippen molar-refractivity contribution in [1.82, 2.24) is 0 Å². The van der Waals surface area contributed by atoms with Crippen LogP contribution in [0, 0.1) is 0 Å². The third-order valence-corrected chi connectivity index (χ3v) is 4.17. The lowest BCUT2D eigenvalue weighted by Gasteiger charge is -2.17. The number of aryl methyl sites for hydroxylation is 1. The summed E-state index contributed by atoms with van der Waals surface area (Å²) in [5.74, 6) is 1.67. The van der Waals surface area contributed by atoms with Gasteiger partial charge in [-0.05, 0) is 74.1 Å². The molecule has 0 bridgehead atoms. The zero-order chi connectivity index (χ0) is 16.5.